The van der Waals surface area contributed by atoms with Gasteiger partial charge in [0, 0.05) is 0 Å². The summed E-state index contributed by atoms with van der Waals surface area (Å²) in [5.41, 5.74) is 0. The van der Waals surface area contributed by atoms with Crippen LogP contribution in [0.5, 0.6) is 0 Å². The molecule has 15 heavy (non-hydrogen) atoms. The number of hydrogen-bond donors (Lipinski definition) is 4. The zero-order valence-corrected chi connectivity index (χ0v) is 6.74. The second-order valence-corrected chi connectivity index (χ2v) is 1.57. The van der Waals surface area contributed by atoms with Crippen molar-refractivity contribution in [3.05, 3.63) is 0 Å². The summed E-state index contributed by atoms with van der Waals surface area (Å²) in [6.45, 7) is 0. The molecule has 0 aromatic carbocycles. The van der Waals surface area contributed by atoms with Crippen LogP contribution < -0.4 is 0 Å². The lowest BCUT2D eigenvalue weighted by Crippen LogP contribution is -2.22. The Morgan fingerprint density at radius 1 is 0.667 bits per heavy atom. The van der Waals surface area contributed by atoms with Crippen LogP contribution in [0.1, 0.15) is 0 Å². The second kappa shape index (κ2) is 6.82. The maximum Gasteiger partial charge on any atom is 0.516 e. The fraction of sp³-hybridized carbons (Fsp3) is 0. The first kappa shape index (κ1) is 14.9. The van der Waals surface area contributed by atoms with Crippen molar-refractivity contribution in [1.82, 2.24) is 0 Å². The highest BCUT2D eigenvalue weighted by molar-refractivity contribution is 6.59. The minimum Gasteiger partial charge on any atom is -0.475 e. The minimum atomic E-state index is -1.95. The Labute approximate surface area is 80.3 Å². The van der Waals surface area contributed by atoms with Crippen LogP contribution in [0.15, 0.2) is 0 Å². The van der Waals surface area contributed by atoms with Gasteiger partial charge in [0.05, 0.1) is 0 Å². The molecule has 0 atom stereocenters. The van der Waals surface area contributed by atoms with Gasteiger partial charge in [-0.1, -0.05) is 0 Å². The minimum absolute atomic E-state index is 1.81. The largest absolute Gasteiger partial charge is 0.516 e. The fourth-order valence-electron chi connectivity index (χ4n) is 0.166. The average molecular weight is 224 g/mol. The molecule has 0 aromatic rings. The third-order valence-corrected chi connectivity index (χ3v) is 0.563. The molecule has 0 amide bonds. The van der Waals surface area contributed by atoms with Gasteiger partial charge in [-0.3, -0.25) is 4.79 Å². The highest BCUT2D eigenvalue weighted by Gasteiger charge is 2.19. The van der Waals surface area contributed by atoms with Gasteiger partial charge in [-0.2, -0.15) is 0 Å². The van der Waals surface area contributed by atoms with Gasteiger partial charge < -0.3 is 25.2 Å². The number of carbonyl (C=O) groups excluding carboxylic acids is 1. The molecule has 10 nitrogen and oxygen atoms in total. The van der Waals surface area contributed by atoms with Gasteiger partial charge >= 0.3 is 30.0 Å². The maximum atomic E-state index is 9.64. The summed E-state index contributed by atoms with van der Waals surface area (Å²) in [6.07, 6.45) is -3.62. The fourth-order valence-corrected chi connectivity index (χ4v) is 0.166. The van der Waals surface area contributed by atoms with E-state index in [0.29, 0.717) is 0 Å². The molecule has 0 unspecified atom stereocenters. The van der Waals surface area contributed by atoms with Crippen molar-refractivity contribution in [3.63, 3.8) is 0 Å². The van der Waals surface area contributed by atoms with Crippen molar-refractivity contribution in [3.8, 4) is 0 Å². The van der Waals surface area contributed by atoms with Crippen LogP contribution in [0.4, 0.5) is 9.59 Å². The van der Waals surface area contributed by atoms with E-state index in [0.717, 1.165) is 0 Å². The van der Waals surface area contributed by atoms with Gasteiger partial charge in [-0.25, -0.2) is 19.2 Å². The first-order valence-corrected chi connectivity index (χ1v) is 2.82. The molecule has 0 aliphatic carbocycles. The Morgan fingerprint density at radius 3 is 0.933 bits per heavy atom. The Morgan fingerprint density at radius 2 is 0.933 bits per heavy atom. The molecule has 0 aromatic heterocycles. The topological polar surface area (TPSA) is 175 Å². The van der Waals surface area contributed by atoms with Crippen LogP contribution in [0.2, 0.25) is 0 Å². The lowest BCUT2D eigenvalue weighted by Gasteiger charge is -1.84. The molecule has 0 aliphatic heterocycles. The first-order valence-electron chi connectivity index (χ1n) is 2.82. The monoisotopic (exact) mass is 224 g/mol. The van der Waals surface area contributed by atoms with E-state index in [2.05, 4.69) is 4.74 Å². The summed E-state index contributed by atoms with van der Waals surface area (Å²) in [7, 11) is 0. The van der Waals surface area contributed by atoms with Gasteiger partial charge in [0.25, 0.3) is 0 Å². The number of rotatable bonds is 2. The zero-order valence-electron chi connectivity index (χ0n) is 6.74. The molecule has 0 saturated carbocycles. The molecule has 0 aliphatic rings. The molecule has 4 N–H and O–H groups in total. The van der Waals surface area contributed by atoms with E-state index in [1.807, 2.05) is 0 Å². The maximum absolute atomic E-state index is 9.64. The van der Waals surface area contributed by atoms with E-state index in [9.17, 15) is 24.0 Å². The molecule has 10 heteroatoms. The van der Waals surface area contributed by atoms with Crippen LogP contribution >= 0.6 is 0 Å². The highest BCUT2D eigenvalue weighted by atomic mass is 16.7. The van der Waals surface area contributed by atoms with Crippen molar-refractivity contribution < 1.29 is 49.1 Å². The van der Waals surface area contributed by atoms with Gasteiger partial charge in [-0.15, -0.1) is 0 Å². The first-order chi connectivity index (χ1) is 6.68. The lowest BCUT2D eigenvalue weighted by molar-refractivity contribution is -0.159. The SMILES string of the molecule is O=C(O)C(=O)C(=O)O.O=C(O)OC(=O)O. The number of carbonyl (C=O) groups is 5. The van der Waals surface area contributed by atoms with Crippen molar-refractivity contribution in [2.75, 3.05) is 0 Å². The van der Waals surface area contributed by atoms with E-state index in [1.165, 1.54) is 0 Å². The molecule has 84 valence electrons. The Bertz CT molecular complexity index is 273. The van der Waals surface area contributed by atoms with Gasteiger partial charge in [0.1, 0.15) is 0 Å². The van der Waals surface area contributed by atoms with E-state index in [4.69, 9.17) is 20.4 Å². The molecular weight excluding hydrogens is 220 g/mol. The lowest BCUT2D eigenvalue weighted by atomic mass is 10.4. The number of carboxylic acid groups (broad SMARTS) is 4. The van der Waals surface area contributed by atoms with E-state index in [1.54, 1.807) is 0 Å². The Balaban J connectivity index is 0. The van der Waals surface area contributed by atoms with Crippen molar-refractivity contribution >= 4 is 30.0 Å². The van der Waals surface area contributed by atoms with Crippen LogP contribution in [0, 0.1) is 0 Å². The Hall–Kier alpha value is -2.65. The molecular formula is C5H4O10. The second-order valence-electron chi connectivity index (χ2n) is 1.57. The van der Waals surface area contributed by atoms with E-state index >= 15 is 0 Å². The van der Waals surface area contributed by atoms with Crippen LogP contribution in [-0.2, 0) is 19.1 Å². The van der Waals surface area contributed by atoms with E-state index < -0.39 is 30.0 Å². The molecule has 0 spiro atoms. The van der Waals surface area contributed by atoms with Gasteiger partial charge in [0.2, 0.25) is 0 Å². The summed E-state index contributed by atoms with van der Waals surface area (Å²) in [5.74, 6) is -5.71. The van der Waals surface area contributed by atoms with Crippen LogP contribution in [0.25, 0.3) is 0 Å². The summed E-state index contributed by atoms with van der Waals surface area (Å²) in [4.78, 5) is 46.9. The van der Waals surface area contributed by atoms with Gasteiger partial charge in [0.15, 0.2) is 0 Å². The van der Waals surface area contributed by atoms with Crippen LogP contribution in [-0.4, -0.2) is 50.5 Å². The number of ether oxygens (including phenoxy) is 1. The van der Waals surface area contributed by atoms with Crippen molar-refractivity contribution in [1.29, 1.82) is 0 Å². The summed E-state index contributed by atoms with van der Waals surface area (Å²) >= 11 is 0. The standard InChI is InChI=1S/C3H2O5.C2H2O5/c4-1(2(5)6)3(7)8;3-1(4)7-2(5)6/h(H,5,6)(H,7,8);(H,3,4)(H,5,6). The number of carboxylic acids is 2. The number of aliphatic carboxylic acids is 2. The summed E-state index contributed by atoms with van der Waals surface area (Å²) in [5, 5.41) is 30.2. The summed E-state index contributed by atoms with van der Waals surface area (Å²) in [6, 6.07) is 0. The van der Waals surface area contributed by atoms with Crippen LogP contribution in [0.3, 0.4) is 0 Å². The van der Waals surface area contributed by atoms with Crippen molar-refractivity contribution in [2.24, 2.45) is 0 Å². The number of Topliss-reactive ketones (excluding diaryl/α,β-unsaturated/α-hetero) is 1. The third kappa shape index (κ3) is 11.3. The molecule has 0 rings (SSSR count). The summed E-state index contributed by atoms with van der Waals surface area (Å²) < 4.78 is 3.08. The molecule has 0 heterocycles. The normalized spacial score (nSPS) is 7.73. The van der Waals surface area contributed by atoms with E-state index in [-0.39, 0.29) is 0 Å². The smallest absolute Gasteiger partial charge is 0.475 e. The zero-order chi connectivity index (χ0) is 12.6. The quantitative estimate of drug-likeness (QED) is 0.260. The molecule has 0 radical (unpaired) electrons. The predicted octanol–water partition coefficient (Wildman–Crippen LogP) is -0.916. The molecule has 0 saturated heterocycles. The predicted molar refractivity (Wildman–Crippen MR) is 37.4 cm³/mol. The number of hydrogen-bond acceptors (Lipinski definition) is 6. The number of ketones is 1. The van der Waals surface area contributed by atoms with Gasteiger partial charge in [-0.05, 0) is 0 Å². The third-order valence-electron chi connectivity index (χ3n) is 0.563. The molecule has 0 bridgehead atoms. The average Bonchev–Trinajstić information content (AvgIpc) is 2.00. The highest BCUT2D eigenvalue weighted by Crippen LogP contribution is 1.73. The Kier molecular flexibility index (Phi) is 6.75. The van der Waals surface area contributed by atoms with Crippen molar-refractivity contribution in [2.45, 2.75) is 0 Å². The molecule has 0 fully saturated rings.